The third-order valence-electron chi connectivity index (χ3n) is 2.59. The molecular formula is C13H14N2O4S. The third-order valence-corrected chi connectivity index (χ3v) is 3.57. The molecule has 1 fully saturated rings. The van der Waals surface area contributed by atoms with Crippen molar-refractivity contribution in [3.8, 4) is 0 Å². The number of imide groups is 1. The molecule has 0 saturated carbocycles. The second-order valence-electron chi connectivity index (χ2n) is 4.00. The smallest absolute Gasteiger partial charge is 0.326 e. The van der Waals surface area contributed by atoms with Crippen molar-refractivity contribution in [1.82, 2.24) is 4.90 Å². The largest absolute Gasteiger partial charge is 0.465 e. The summed E-state index contributed by atoms with van der Waals surface area (Å²) in [6, 6.07) is 9.10. The molecule has 1 aromatic carbocycles. The van der Waals surface area contributed by atoms with Crippen molar-refractivity contribution in [2.24, 2.45) is 0 Å². The van der Waals surface area contributed by atoms with Gasteiger partial charge < -0.3 is 10.1 Å². The second-order valence-corrected chi connectivity index (χ2v) is 5.06. The molecule has 1 aliphatic rings. The molecule has 0 spiro atoms. The van der Waals surface area contributed by atoms with Crippen LogP contribution < -0.4 is 5.32 Å². The average Bonchev–Trinajstić information content (AvgIpc) is 2.68. The molecule has 2 rings (SSSR count). The van der Waals surface area contributed by atoms with Crippen LogP contribution in [0.15, 0.2) is 30.3 Å². The van der Waals surface area contributed by atoms with Gasteiger partial charge in [-0.2, -0.15) is 0 Å². The molecule has 1 N–H and O–H groups in total. The molecule has 0 aliphatic carbocycles. The van der Waals surface area contributed by atoms with Crippen LogP contribution in [0.25, 0.3) is 0 Å². The highest BCUT2D eigenvalue weighted by atomic mass is 32.2. The predicted molar refractivity (Wildman–Crippen MR) is 75.2 cm³/mol. The summed E-state index contributed by atoms with van der Waals surface area (Å²) >= 11 is 0.855. The minimum absolute atomic E-state index is 0.216. The number of nitrogens with one attached hydrogen (secondary N) is 1. The molecule has 1 heterocycles. The molecule has 2 amide bonds. The van der Waals surface area contributed by atoms with E-state index in [4.69, 9.17) is 4.74 Å². The number of nitrogens with zero attached hydrogens (tertiary/aromatic N) is 1. The van der Waals surface area contributed by atoms with Gasteiger partial charge in [0.05, 0.1) is 6.61 Å². The SMILES string of the molecule is CCOC(=O)CN1C(=O)S[C@H](Nc2ccccc2)C1=O. The number of carbonyl (C=O) groups is 3. The van der Waals surface area contributed by atoms with E-state index in [0.29, 0.717) is 0 Å². The first kappa shape index (κ1) is 14.4. The predicted octanol–water partition coefficient (Wildman–Crippen LogP) is 1.68. The monoisotopic (exact) mass is 294 g/mol. The summed E-state index contributed by atoms with van der Waals surface area (Å²) in [4.78, 5) is 36.1. The van der Waals surface area contributed by atoms with E-state index in [-0.39, 0.29) is 13.2 Å². The van der Waals surface area contributed by atoms with Crippen LogP contribution in [0.1, 0.15) is 6.92 Å². The standard InChI is InChI=1S/C13H14N2O4S/c1-2-19-10(16)8-15-12(17)11(20-13(15)18)14-9-6-4-3-5-7-9/h3-7,11,14H,2,8H2,1H3/t11-/m0/s1. The van der Waals surface area contributed by atoms with Crippen LogP contribution in [0, 0.1) is 0 Å². The number of ether oxygens (including phenoxy) is 1. The Morgan fingerprint density at radius 2 is 2.05 bits per heavy atom. The Balaban J connectivity index is 2.00. The Morgan fingerprint density at radius 1 is 1.35 bits per heavy atom. The molecule has 20 heavy (non-hydrogen) atoms. The summed E-state index contributed by atoms with van der Waals surface area (Å²) < 4.78 is 4.74. The van der Waals surface area contributed by atoms with Crippen LogP contribution in [0.4, 0.5) is 10.5 Å². The van der Waals surface area contributed by atoms with Crippen molar-refractivity contribution < 1.29 is 19.1 Å². The average molecular weight is 294 g/mol. The molecule has 1 saturated heterocycles. The van der Waals surface area contributed by atoms with Gasteiger partial charge in [-0.25, -0.2) is 0 Å². The lowest BCUT2D eigenvalue weighted by Crippen LogP contribution is -2.38. The van der Waals surface area contributed by atoms with E-state index < -0.39 is 22.5 Å². The molecule has 0 aromatic heterocycles. The maximum Gasteiger partial charge on any atom is 0.326 e. The molecule has 1 aromatic rings. The highest BCUT2D eigenvalue weighted by Crippen LogP contribution is 2.27. The first-order chi connectivity index (χ1) is 9.61. The maximum atomic E-state index is 12.1. The lowest BCUT2D eigenvalue weighted by molar-refractivity contribution is -0.146. The van der Waals surface area contributed by atoms with Gasteiger partial charge in [0.2, 0.25) is 0 Å². The zero-order valence-corrected chi connectivity index (χ0v) is 11.7. The van der Waals surface area contributed by atoms with E-state index in [1.165, 1.54) is 0 Å². The first-order valence-corrected chi connectivity index (χ1v) is 6.99. The van der Waals surface area contributed by atoms with Crippen molar-refractivity contribution in [2.75, 3.05) is 18.5 Å². The lowest BCUT2D eigenvalue weighted by Gasteiger charge is -2.13. The van der Waals surface area contributed by atoms with E-state index in [1.54, 1.807) is 19.1 Å². The molecule has 0 bridgehead atoms. The van der Waals surface area contributed by atoms with E-state index in [9.17, 15) is 14.4 Å². The number of benzene rings is 1. The number of thioether (sulfide) groups is 1. The fourth-order valence-corrected chi connectivity index (χ4v) is 2.61. The van der Waals surface area contributed by atoms with Crippen molar-refractivity contribution in [2.45, 2.75) is 12.3 Å². The normalized spacial score (nSPS) is 18.2. The van der Waals surface area contributed by atoms with Crippen LogP contribution in [-0.2, 0) is 14.3 Å². The summed E-state index contributed by atoms with van der Waals surface area (Å²) in [5.74, 6) is -1.02. The van der Waals surface area contributed by atoms with Crippen LogP contribution in [0.5, 0.6) is 0 Å². The Kier molecular flexibility index (Phi) is 4.62. The van der Waals surface area contributed by atoms with Gasteiger partial charge in [0, 0.05) is 5.69 Å². The zero-order chi connectivity index (χ0) is 14.5. The maximum absolute atomic E-state index is 12.1. The number of anilines is 1. The van der Waals surface area contributed by atoms with E-state index in [1.807, 2.05) is 18.2 Å². The highest BCUT2D eigenvalue weighted by molar-refractivity contribution is 8.15. The van der Waals surface area contributed by atoms with Crippen LogP contribution in [0.2, 0.25) is 0 Å². The van der Waals surface area contributed by atoms with E-state index in [0.717, 1.165) is 22.3 Å². The molecule has 1 aliphatic heterocycles. The van der Waals surface area contributed by atoms with Gasteiger partial charge in [-0.3, -0.25) is 19.3 Å². The van der Waals surface area contributed by atoms with Gasteiger partial charge in [-0.05, 0) is 30.8 Å². The number of esters is 1. The van der Waals surface area contributed by atoms with Crippen molar-refractivity contribution >= 4 is 34.6 Å². The van der Waals surface area contributed by atoms with Gasteiger partial charge in [-0.15, -0.1) is 0 Å². The molecule has 7 heteroatoms. The topological polar surface area (TPSA) is 75.7 Å². The number of hydrogen-bond acceptors (Lipinski definition) is 6. The molecule has 0 unspecified atom stereocenters. The zero-order valence-electron chi connectivity index (χ0n) is 10.9. The Labute approximate surface area is 120 Å². The summed E-state index contributed by atoms with van der Waals surface area (Å²) in [5, 5.41) is 1.80. The third kappa shape index (κ3) is 3.30. The fraction of sp³-hybridized carbons (Fsp3) is 0.308. The van der Waals surface area contributed by atoms with Crippen molar-refractivity contribution in [3.05, 3.63) is 30.3 Å². The summed E-state index contributed by atoms with van der Waals surface area (Å²) in [5.41, 5.74) is 0.740. The summed E-state index contributed by atoms with van der Waals surface area (Å²) in [6.07, 6.45) is 0. The molecular weight excluding hydrogens is 280 g/mol. The second kappa shape index (κ2) is 6.42. The molecule has 0 radical (unpaired) electrons. The van der Waals surface area contributed by atoms with E-state index >= 15 is 0 Å². The lowest BCUT2D eigenvalue weighted by atomic mass is 10.3. The summed E-state index contributed by atoms with van der Waals surface area (Å²) in [7, 11) is 0. The fourth-order valence-electron chi connectivity index (χ4n) is 1.70. The van der Waals surface area contributed by atoms with Gasteiger partial charge in [0.25, 0.3) is 11.1 Å². The van der Waals surface area contributed by atoms with Crippen LogP contribution in [-0.4, -0.2) is 40.5 Å². The van der Waals surface area contributed by atoms with Gasteiger partial charge in [-0.1, -0.05) is 18.2 Å². The van der Waals surface area contributed by atoms with Gasteiger partial charge >= 0.3 is 5.97 Å². The Morgan fingerprint density at radius 3 is 2.70 bits per heavy atom. The van der Waals surface area contributed by atoms with Gasteiger partial charge in [0.15, 0.2) is 5.37 Å². The Hall–Kier alpha value is -2.02. The Bertz CT molecular complexity index is 520. The molecule has 106 valence electrons. The van der Waals surface area contributed by atoms with Gasteiger partial charge in [0.1, 0.15) is 6.54 Å². The quantitative estimate of drug-likeness (QED) is 0.833. The number of carbonyl (C=O) groups excluding carboxylic acids is 3. The van der Waals surface area contributed by atoms with Crippen molar-refractivity contribution in [1.29, 1.82) is 0 Å². The van der Waals surface area contributed by atoms with Crippen LogP contribution in [0.3, 0.4) is 0 Å². The molecule has 6 nitrogen and oxygen atoms in total. The minimum atomic E-state index is -0.709. The number of hydrogen-bond donors (Lipinski definition) is 1. The first-order valence-electron chi connectivity index (χ1n) is 6.11. The molecule has 1 atom stereocenters. The number of para-hydroxylation sites is 1. The summed E-state index contributed by atoms with van der Waals surface area (Å²) in [6.45, 7) is 1.54. The number of rotatable bonds is 5. The van der Waals surface area contributed by atoms with E-state index in [2.05, 4.69) is 5.32 Å². The van der Waals surface area contributed by atoms with Crippen LogP contribution >= 0.6 is 11.8 Å². The highest BCUT2D eigenvalue weighted by Gasteiger charge is 2.40. The van der Waals surface area contributed by atoms with Crippen molar-refractivity contribution in [3.63, 3.8) is 0 Å². The minimum Gasteiger partial charge on any atom is -0.465 e. The number of amides is 2.